The minimum absolute atomic E-state index is 0.00745. The van der Waals surface area contributed by atoms with Gasteiger partial charge in [0.1, 0.15) is 24.4 Å². The van der Waals surface area contributed by atoms with Crippen molar-refractivity contribution < 1.29 is 52.0 Å². The predicted molar refractivity (Wildman–Crippen MR) is 286 cm³/mol. The van der Waals surface area contributed by atoms with E-state index in [2.05, 4.69) is 124 Å². The second-order valence-electron chi connectivity index (χ2n) is 22.4. The van der Waals surface area contributed by atoms with Gasteiger partial charge in [-0.1, -0.05) is 127 Å². The molecule has 14 heteroatoms. The molecule has 0 aliphatic carbocycles. The maximum Gasteiger partial charge on any atom is 0.338 e. The molecular formula is C54H87IO11Si2. The Morgan fingerprint density at radius 3 is 1.26 bits per heavy atom. The highest BCUT2D eigenvalue weighted by atomic mass is 127. The smallest absolute Gasteiger partial charge is 0.338 e. The summed E-state index contributed by atoms with van der Waals surface area (Å²) in [4.78, 5) is 25.8. The molecule has 1 N–H and O–H groups in total. The van der Waals surface area contributed by atoms with Crippen LogP contribution in [0.4, 0.5) is 0 Å². The molecule has 2 unspecified atom stereocenters. The number of alkyl halides is 1. The van der Waals surface area contributed by atoms with Crippen molar-refractivity contribution in [3.05, 3.63) is 96.1 Å². The van der Waals surface area contributed by atoms with Gasteiger partial charge in [-0.3, -0.25) is 0 Å². The molecule has 2 aromatic carbocycles. The number of halogens is 1. The Balaban J connectivity index is 0.000000360. The fraction of sp³-hybridized carbons (Fsp3) is 0.667. The minimum atomic E-state index is -1.92. The van der Waals surface area contributed by atoms with E-state index in [1.165, 1.54) is 0 Å². The maximum absolute atomic E-state index is 12.9. The van der Waals surface area contributed by atoms with Crippen LogP contribution >= 0.6 is 22.6 Å². The van der Waals surface area contributed by atoms with Crippen LogP contribution in [0.25, 0.3) is 0 Å². The van der Waals surface area contributed by atoms with E-state index >= 15 is 0 Å². The number of hydrogen-bond donors (Lipinski definition) is 1. The summed E-state index contributed by atoms with van der Waals surface area (Å²) in [5.74, 6) is -2.11. The maximum atomic E-state index is 12.9. The van der Waals surface area contributed by atoms with Gasteiger partial charge in [0.2, 0.25) is 0 Å². The van der Waals surface area contributed by atoms with Gasteiger partial charge in [-0.05, 0) is 139 Å². The van der Waals surface area contributed by atoms with E-state index in [1.54, 1.807) is 36.4 Å². The van der Waals surface area contributed by atoms with Crippen molar-refractivity contribution in [2.45, 2.75) is 206 Å². The Labute approximate surface area is 426 Å². The van der Waals surface area contributed by atoms with Gasteiger partial charge in [0.05, 0.1) is 23.3 Å². The number of hydrogen-bond acceptors (Lipinski definition) is 11. The molecule has 2 fully saturated rings. The Morgan fingerprint density at radius 2 is 0.956 bits per heavy atom. The molecule has 0 bridgehead atoms. The lowest BCUT2D eigenvalue weighted by molar-refractivity contribution is -0.153. The van der Waals surface area contributed by atoms with Crippen LogP contribution in [0.2, 0.25) is 36.3 Å². The number of benzene rings is 2. The van der Waals surface area contributed by atoms with Gasteiger partial charge in [0.15, 0.2) is 28.2 Å². The first-order chi connectivity index (χ1) is 31.3. The number of carbonyl (C=O) groups excluding carboxylic acids is 2. The summed E-state index contributed by atoms with van der Waals surface area (Å²) in [6, 6.07) is 18.0. The van der Waals surface area contributed by atoms with Crippen molar-refractivity contribution in [3.8, 4) is 0 Å². The van der Waals surface area contributed by atoms with E-state index in [0.717, 1.165) is 10.8 Å². The summed E-state index contributed by atoms with van der Waals surface area (Å²) in [5, 5.41) is 9.81. The van der Waals surface area contributed by atoms with Crippen molar-refractivity contribution in [3.63, 3.8) is 0 Å². The highest BCUT2D eigenvalue weighted by Crippen LogP contribution is 2.40. The lowest BCUT2D eigenvalue weighted by Crippen LogP contribution is -2.44. The quantitative estimate of drug-likeness (QED) is 0.0447. The van der Waals surface area contributed by atoms with Crippen LogP contribution in [0.1, 0.15) is 130 Å². The third kappa shape index (κ3) is 18.1. The summed E-state index contributed by atoms with van der Waals surface area (Å²) >= 11 is 2.34. The monoisotopic (exact) mass is 1090 g/mol. The molecule has 10 atom stereocenters. The van der Waals surface area contributed by atoms with E-state index in [9.17, 15) is 14.7 Å². The van der Waals surface area contributed by atoms with E-state index in [1.807, 2.05) is 70.2 Å². The molecule has 0 aromatic heterocycles. The van der Waals surface area contributed by atoms with E-state index in [-0.39, 0.29) is 58.9 Å². The number of carbonyl (C=O) groups is 2. The highest BCUT2D eigenvalue weighted by Gasteiger charge is 2.47. The van der Waals surface area contributed by atoms with Gasteiger partial charge in [-0.25, -0.2) is 9.59 Å². The summed E-state index contributed by atoms with van der Waals surface area (Å²) in [5.41, 5.74) is 0.993. The van der Waals surface area contributed by atoms with Crippen LogP contribution < -0.4 is 0 Å². The molecular weight excluding hydrogens is 1010 g/mol. The topological polar surface area (TPSA) is 128 Å². The Bertz CT molecular complexity index is 1770. The molecule has 0 spiro atoms. The molecule has 2 saturated heterocycles. The Morgan fingerprint density at radius 1 is 0.618 bits per heavy atom. The molecule has 2 aliphatic heterocycles. The van der Waals surface area contributed by atoms with Crippen molar-refractivity contribution in [1.82, 2.24) is 0 Å². The minimum Gasteiger partial charge on any atom is -0.452 e. The van der Waals surface area contributed by atoms with Crippen molar-refractivity contribution in [1.29, 1.82) is 0 Å². The number of aliphatic hydroxyl groups excluding tert-OH is 1. The molecule has 2 aliphatic rings. The van der Waals surface area contributed by atoms with Gasteiger partial charge in [-0.2, -0.15) is 0 Å². The first-order valence-electron chi connectivity index (χ1n) is 24.5. The Hall–Kier alpha value is -2.26. The van der Waals surface area contributed by atoms with Crippen molar-refractivity contribution in [2.24, 2.45) is 11.8 Å². The normalized spacial score (nSPS) is 23.6. The summed E-state index contributed by atoms with van der Waals surface area (Å²) in [6.07, 6.45) is 6.55. The zero-order chi connectivity index (χ0) is 51.5. The van der Waals surface area contributed by atoms with Crippen molar-refractivity contribution in [2.75, 3.05) is 11.0 Å². The van der Waals surface area contributed by atoms with Gasteiger partial charge < -0.3 is 42.4 Å². The van der Waals surface area contributed by atoms with Gasteiger partial charge in [0, 0.05) is 23.2 Å². The lowest BCUT2D eigenvalue weighted by atomic mass is 10.0. The van der Waals surface area contributed by atoms with Gasteiger partial charge >= 0.3 is 11.9 Å². The zero-order valence-electron chi connectivity index (χ0n) is 44.6. The molecule has 2 aromatic rings. The molecule has 11 nitrogen and oxygen atoms in total. The number of esters is 2. The van der Waals surface area contributed by atoms with Crippen LogP contribution in [0.5, 0.6) is 0 Å². The fourth-order valence-corrected chi connectivity index (χ4v) is 10.9. The average molecular weight is 1100 g/mol. The molecule has 2 heterocycles. The van der Waals surface area contributed by atoms with E-state index in [0.29, 0.717) is 17.5 Å². The average Bonchev–Trinajstić information content (AvgIpc) is 3.72. The first-order valence-corrected chi connectivity index (χ1v) is 31.8. The summed E-state index contributed by atoms with van der Waals surface area (Å²) in [7, 11) is -3.80. The zero-order valence-corrected chi connectivity index (χ0v) is 48.7. The van der Waals surface area contributed by atoms with Crippen LogP contribution in [-0.4, -0.2) is 105 Å². The highest BCUT2D eigenvalue weighted by molar-refractivity contribution is 14.1. The first kappa shape index (κ1) is 60.0. The molecule has 0 amide bonds. The summed E-state index contributed by atoms with van der Waals surface area (Å²) in [6.45, 7) is 38.3. The predicted octanol–water partition coefficient (Wildman–Crippen LogP) is 12.9. The standard InChI is InChI=1S/C27H43IO5Si.C27H44O6Si/c2*1-19(20(2)33-34(8,9)26(3,4)5)15-16-22(30-25(29)21-13-11-10-12-14-21)24-23(17-18-28)31-27(6,7)32-24/h10-16,19-20,22-24H,17-18H2,1-9H3;10-16,19-20,22-24,28H,17-18H2,1-9H3/b2*16-15-/t2*19-,20+,22?,23+,24-/m11/s1. The van der Waals surface area contributed by atoms with Crippen molar-refractivity contribution >= 4 is 51.2 Å². The SMILES string of the molecule is C[C@H](/C=C\C(OC(=O)c1ccccc1)[C@H]1OC(C)(C)O[C@H]1CCI)[C@H](C)O[Si](C)(C)C(C)(C)C.C[C@H](/C=C\C(OC(=O)c1ccccc1)[C@H]1OC(C)(C)O[C@H]1CCO)[C@H](C)O[Si](C)(C)C(C)(C)C. The fourth-order valence-electron chi connectivity index (χ4n) is 7.31. The second-order valence-corrected chi connectivity index (χ2v) is 33.0. The van der Waals surface area contributed by atoms with Crippen LogP contribution in [0.3, 0.4) is 0 Å². The van der Waals surface area contributed by atoms with Crippen LogP contribution in [-0.2, 0) is 37.3 Å². The number of rotatable bonds is 20. The van der Waals surface area contributed by atoms with Crippen LogP contribution in [0, 0.1) is 11.8 Å². The summed E-state index contributed by atoms with van der Waals surface area (Å²) < 4.78 is 50.6. The molecule has 0 radical (unpaired) electrons. The third-order valence-electron chi connectivity index (χ3n) is 13.7. The lowest BCUT2D eigenvalue weighted by Gasteiger charge is -2.39. The Kier molecular flexibility index (Phi) is 22.4. The third-order valence-corrected chi connectivity index (χ3v) is 23.4. The van der Waals surface area contributed by atoms with Gasteiger partial charge in [0.25, 0.3) is 0 Å². The number of ether oxygens (including phenoxy) is 6. The number of aliphatic hydroxyl groups is 1. The molecule has 4 rings (SSSR count). The van der Waals surface area contributed by atoms with E-state index in [4.69, 9.17) is 37.3 Å². The molecule has 68 heavy (non-hydrogen) atoms. The van der Waals surface area contributed by atoms with E-state index < -0.39 is 58.6 Å². The second kappa shape index (κ2) is 25.4. The van der Waals surface area contributed by atoms with Crippen LogP contribution in [0.15, 0.2) is 85.0 Å². The van der Waals surface area contributed by atoms with Gasteiger partial charge in [-0.15, -0.1) is 0 Å². The molecule has 0 saturated carbocycles. The largest absolute Gasteiger partial charge is 0.452 e. The molecule has 384 valence electrons.